The molecule has 108 valence electrons. The standard InChI is InChI=1S/C13H23N3O3/c1-5-9(6-2)16-11(17)7-10(13(16)19)15-8(3)12(18)14-4/h8-10,15H,5-7H2,1-4H3,(H,14,18). The van der Waals surface area contributed by atoms with E-state index in [0.29, 0.717) is 0 Å². The van der Waals surface area contributed by atoms with Crippen LogP contribution in [0.2, 0.25) is 0 Å². The third-order valence-corrected chi connectivity index (χ3v) is 3.58. The Morgan fingerprint density at radius 2 is 1.95 bits per heavy atom. The predicted molar refractivity (Wildman–Crippen MR) is 71.3 cm³/mol. The molecule has 0 saturated carbocycles. The van der Waals surface area contributed by atoms with E-state index in [2.05, 4.69) is 10.6 Å². The summed E-state index contributed by atoms with van der Waals surface area (Å²) in [7, 11) is 1.54. The van der Waals surface area contributed by atoms with Crippen molar-refractivity contribution >= 4 is 17.7 Å². The van der Waals surface area contributed by atoms with Crippen LogP contribution in [-0.2, 0) is 14.4 Å². The van der Waals surface area contributed by atoms with E-state index in [1.807, 2.05) is 13.8 Å². The van der Waals surface area contributed by atoms with Gasteiger partial charge < -0.3 is 5.32 Å². The maximum Gasteiger partial charge on any atom is 0.247 e. The average molecular weight is 269 g/mol. The van der Waals surface area contributed by atoms with Gasteiger partial charge in [0.25, 0.3) is 0 Å². The molecule has 19 heavy (non-hydrogen) atoms. The lowest BCUT2D eigenvalue weighted by Gasteiger charge is -2.24. The van der Waals surface area contributed by atoms with E-state index in [4.69, 9.17) is 0 Å². The molecule has 2 N–H and O–H groups in total. The normalized spacial score (nSPS) is 21.1. The lowest BCUT2D eigenvalue weighted by molar-refractivity contribution is -0.141. The molecule has 1 aliphatic heterocycles. The summed E-state index contributed by atoms with van der Waals surface area (Å²) in [5, 5.41) is 5.43. The van der Waals surface area contributed by atoms with Gasteiger partial charge >= 0.3 is 0 Å². The molecule has 1 aliphatic rings. The summed E-state index contributed by atoms with van der Waals surface area (Å²) < 4.78 is 0. The molecule has 0 aromatic heterocycles. The van der Waals surface area contributed by atoms with Crippen molar-refractivity contribution in [2.75, 3.05) is 7.05 Å². The zero-order valence-corrected chi connectivity index (χ0v) is 12.0. The van der Waals surface area contributed by atoms with Gasteiger partial charge in [-0.05, 0) is 19.8 Å². The van der Waals surface area contributed by atoms with Gasteiger partial charge in [0.05, 0.1) is 18.5 Å². The molecule has 0 bridgehead atoms. The van der Waals surface area contributed by atoms with Crippen LogP contribution in [0, 0.1) is 0 Å². The third kappa shape index (κ3) is 3.32. The monoisotopic (exact) mass is 269 g/mol. The Hall–Kier alpha value is -1.43. The molecule has 0 spiro atoms. The zero-order valence-electron chi connectivity index (χ0n) is 12.0. The molecule has 1 saturated heterocycles. The number of likely N-dealkylation sites (tertiary alicyclic amines) is 1. The maximum absolute atomic E-state index is 12.2. The molecule has 1 rings (SSSR count). The second-order valence-corrected chi connectivity index (χ2v) is 4.83. The van der Waals surface area contributed by atoms with Gasteiger partial charge in [0, 0.05) is 13.1 Å². The average Bonchev–Trinajstić information content (AvgIpc) is 2.67. The maximum atomic E-state index is 12.2. The molecule has 2 atom stereocenters. The van der Waals surface area contributed by atoms with Crippen molar-refractivity contribution in [3.63, 3.8) is 0 Å². The van der Waals surface area contributed by atoms with Crippen molar-refractivity contribution in [1.29, 1.82) is 0 Å². The fourth-order valence-corrected chi connectivity index (χ4v) is 2.41. The number of rotatable bonds is 6. The van der Waals surface area contributed by atoms with Crippen LogP contribution in [0.15, 0.2) is 0 Å². The molecule has 1 fully saturated rings. The number of likely N-dealkylation sites (N-methyl/N-ethyl adjacent to an activating group) is 1. The first-order chi connectivity index (χ1) is 8.96. The summed E-state index contributed by atoms with van der Waals surface area (Å²) in [6.07, 6.45) is 1.65. The number of hydrogen-bond acceptors (Lipinski definition) is 4. The fraction of sp³-hybridized carbons (Fsp3) is 0.769. The van der Waals surface area contributed by atoms with Gasteiger partial charge in [-0.25, -0.2) is 0 Å². The topological polar surface area (TPSA) is 78.5 Å². The number of carbonyl (C=O) groups excluding carboxylic acids is 3. The highest BCUT2D eigenvalue weighted by Crippen LogP contribution is 2.20. The summed E-state index contributed by atoms with van der Waals surface area (Å²) in [5.74, 6) is -0.559. The van der Waals surface area contributed by atoms with Gasteiger partial charge in [-0.15, -0.1) is 0 Å². The minimum atomic E-state index is -0.583. The molecule has 2 unspecified atom stereocenters. The van der Waals surface area contributed by atoms with E-state index in [1.165, 1.54) is 4.90 Å². The quantitative estimate of drug-likeness (QED) is 0.667. The molecule has 6 nitrogen and oxygen atoms in total. The van der Waals surface area contributed by atoms with Gasteiger partial charge in [0.2, 0.25) is 17.7 Å². The van der Waals surface area contributed by atoms with Crippen molar-refractivity contribution in [2.24, 2.45) is 0 Å². The lowest BCUT2D eigenvalue weighted by Crippen LogP contribution is -2.49. The second kappa shape index (κ2) is 6.65. The molecule has 3 amide bonds. The predicted octanol–water partition coefficient (Wildman–Crippen LogP) is 0.0266. The van der Waals surface area contributed by atoms with Crippen molar-refractivity contribution in [3.05, 3.63) is 0 Å². The van der Waals surface area contributed by atoms with Crippen LogP contribution in [0.1, 0.15) is 40.0 Å². The highest BCUT2D eigenvalue weighted by molar-refractivity contribution is 6.06. The van der Waals surface area contributed by atoms with E-state index in [-0.39, 0.29) is 30.2 Å². The molecule has 0 aromatic rings. The summed E-state index contributed by atoms with van der Waals surface area (Å²) in [6, 6.07) is -1.11. The van der Waals surface area contributed by atoms with Crippen LogP contribution in [0.3, 0.4) is 0 Å². The van der Waals surface area contributed by atoms with Crippen molar-refractivity contribution in [2.45, 2.75) is 58.2 Å². The van der Waals surface area contributed by atoms with Crippen LogP contribution >= 0.6 is 0 Å². The molecule has 0 radical (unpaired) electrons. The number of hydrogen-bond donors (Lipinski definition) is 2. The molecule has 1 heterocycles. The summed E-state index contributed by atoms with van der Waals surface area (Å²) in [6.45, 7) is 5.60. The smallest absolute Gasteiger partial charge is 0.247 e. The zero-order chi connectivity index (χ0) is 14.6. The highest BCUT2D eigenvalue weighted by Gasteiger charge is 2.42. The van der Waals surface area contributed by atoms with E-state index in [0.717, 1.165) is 12.8 Å². The molecule has 0 aliphatic carbocycles. The molecule has 0 aromatic carbocycles. The van der Waals surface area contributed by atoms with Crippen LogP contribution in [0.25, 0.3) is 0 Å². The Morgan fingerprint density at radius 1 is 1.37 bits per heavy atom. The van der Waals surface area contributed by atoms with Crippen molar-refractivity contribution in [1.82, 2.24) is 15.5 Å². The van der Waals surface area contributed by atoms with Gasteiger partial charge in [-0.3, -0.25) is 24.6 Å². The van der Waals surface area contributed by atoms with Crippen LogP contribution < -0.4 is 10.6 Å². The summed E-state index contributed by atoms with van der Waals surface area (Å²) >= 11 is 0. The third-order valence-electron chi connectivity index (χ3n) is 3.58. The summed E-state index contributed by atoms with van der Waals surface area (Å²) in [4.78, 5) is 37.0. The Kier molecular flexibility index (Phi) is 5.47. The number of carbonyl (C=O) groups is 3. The van der Waals surface area contributed by atoms with Crippen molar-refractivity contribution in [3.8, 4) is 0 Å². The highest BCUT2D eigenvalue weighted by atomic mass is 16.2. The first kappa shape index (κ1) is 15.6. The summed E-state index contributed by atoms with van der Waals surface area (Å²) in [5.41, 5.74) is 0. The van der Waals surface area contributed by atoms with E-state index in [9.17, 15) is 14.4 Å². The van der Waals surface area contributed by atoms with Gasteiger partial charge in [0.15, 0.2) is 0 Å². The van der Waals surface area contributed by atoms with E-state index < -0.39 is 12.1 Å². The van der Waals surface area contributed by atoms with Crippen LogP contribution in [0.4, 0.5) is 0 Å². The van der Waals surface area contributed by atoms with Crippen LogP contribution in [0.5, 0.6) is 0 Å². The number of nitrogens with zero attached hydrogens (tertiary/aromatic N) is 1. The largest absolute Gasteiger partial charge is 0.358 e. The lowest BCUT2D eigenvalue weighted by atomic mass is 10.1. The fourth-order valence-electron chi connectivity index (χ4n) is 2.41. The number of nitrogens with one attached hydrogen (secondary N) is 2. The van der Waals surface area contributed by atoms with Gasteiger partial charge in [-0.2, -0.15) is 0 Å². The first-order valence-corrected chi connectivity index (χ1v) is 6.79. The molecule has 6 heteroatoms. The van der Waals surface area contributed by atoms with Crippen molar-refractivity contribution < 1.29 is 14.4 Å². The second-order valence-electron chi connectivity index (χ2n) is 4.83. The minimum absolute atomic E-state index is 0.0397. The van der Waals surface area contributed by atoms with E-state index >= 15 is 0 Å². The number of amides is 3. The minimum Gasteiger partial charge on any atom is -0.358 e. The van der Waals surface area contributed by atoms with Crippen LogP contribution in [-0.4, -0.2) is 47.8 Å². The Bertz CT molecular complexity index is 366. The Labute approximate surface area is 113 Å². The Morgan fingerprint density at radius 3 is 2.42 bits per heavy atom. The van der Waals surface area contributed by atoms with Gasteiger partial charge in [-0.1, -0.05) is 13.8 Å². The molecular weight excluding hydrogens is 246 g/mol. The molecular formula is C13H23N3O3. The van der Waals surface area contributed by atoms with Gasteiger partial charge in [0.1, 0.15) is 0 Å². The SMILES string of the molecule is CCC(CC)N1C(=O)CC(NC(C)C(=O)NC)C1=O. The first-order valence-electron chi connectivity index (χ1n) is 6.79. The Balaban J connectivity index is 2.73. The van der Waals surface area contributed by atoms with E-state index in [1.54, 1.807) is 14.0 Å². The number of imide groups is 1.